The van der Waals surface area contributed by atoms with Crippen molar-refractivity contribution in [2.75, 3.05) is 18.5 Å². The quantitative estimate of drug-likeness (QED) is 0.701. The number of nitrogens with one attached hydrogen (secondary N) is 2. The SMILES string of the molecule is CCNS(=O)(=O)c1ccc(C(=O)OCC(=O)Nc2cc(F)ccc2C)cc1. The number of ether oxygens (including phenoxy) is 1. The van der Waals surface area contributed by atoms with E-state index < -0.39 is 34.3 Å². The summed E-state index contributed by atoms with van der Waals surface area (Å²) in [5.74, 6) is -1.91. The summed E-state index contributed by atoms with van der Waals surface area (Å²) in [4.78, 5) is 23.9. The Balaban J connectivity index is 1.95. The summed E-state index contributed by atoms with van der Waals surface area (Å²) in [5.41, 5.74) is 1.04. The average Bonchev–Trinajstić information content (AvgIpc) is 2.63. The van der Waals surface area contributed by atoms with Gasteiger partial charge in [-0.05, 0) is 48.9 Å². The molecule has 9 heteroatoms. The van der Waals surface area contributed by atoms with Gasteiger partial charge in [0.1, 0.15) is 5.82 Å². The van der Waals surface area contributed by atoms with E-state index in [1.807, 2.05) is 0 Å². The van der Waals surface area contributed by atoms with Gasteiger partial charge in [0.05, 0.1) is 10.5 Å². The van der Waals surface area contributed by atoms with Crippen molar-refractivity contribution in [2.24, 2.45) is 0 Å². The molecule has 0 aliphatic rings. The van der Waals surface area contributed by atoms with Crippen LogP contribution >= 0.6 is 0 Å². The van der Waals surface area contributed by atoms with Gasteiger partial charge in [-0.25, -0.2) is 22.3 Å². The highest BCUT2D eigenvalue weighted by atomic mass is 32.2. The van der Waals surface area contributed by atoms with Crippen LogP contribution < -0.4 is 10.0 Å². The van der Waals surface area contributed by atoms with E-state index in [9.17, 15) is 22.4 Å². The Morgan fingerprint density at radius 2 is 1.78 bits per heavy atom. The number of sulfonamides is 1. The Morgan fingerprint density at radius 3 is 2.41 bits per heavy atom. The normalized spacial score (nSPS) is 11.1. The van der Waals surface area contributed by atoms with E-state index in [1.165, 1.54) is 42.5 Å². The van der Waals surface area contributed by atoms with Crippen LogP contribution in [-0.2, 0) is 19.6 Å². The molecule has 0 aromatic heterocycles. The highest BCUT2D eigenvalue weighted by molar-refractivity contribution is 7.89. The van der Waals surface area contributed by atoms with E-state index in [2.05, 4.69) is 10.0 Å². The zero-order valence-corrected chi connectivity index (χ0v) is 15.6. The largest absolute Gasteiger partial charge is 0.452 e. The van der Waals surface area contributed by atoms with Crippen LogP contribution in [0.2, 0.25) is 0 Å². The minimum absolute atomic E-state index is 0.0141. The maximum absolute atomic E-state index is 13.2. The van der Waals surface area contributed by atoms with Gasteiger partial charge in [-0.2, -0.15) is 0 Å². The first-order chi connectivity index (χ1) is 12.7. The smallest absolute Gasteiger partial charge is 0.338 e. The van der Waals surface area contributed by atoms with Crippen molar-refractivity contribution in [1.29, 1.82) is 0 Å². The fourth-order valence-electron chi connectivity index (χ4n) is 2.17. The Hall–Kier alpha value is -2.78. The molecule has 0 radical (unpaired) electrons. The molecule has 27 heavy (non-hydrogen) atoms. The second-order valence-electron chi connectivity index (χ2n) is 5.61. The number of amides is 1. The molecule has 0 heterocycles. The van der Waals surface area contributed by atoms with Crippen molar-refractivity contribution in [3.8, 4) is 0 Å². The van der Waals surface area contributed by atoms with Gasteiger partial charge < -0.3 is 10.1 Å². The lowest BCUT2D eigenvalue weighted by Gasteiger charge is -2.09. The molecular weight excluding hydrogens is 375 g/mol. The molecule has 0 saturated heterocycles. The first-order valence-corrected chi connectivity index (χ1v) is 9.54. The number of aryl methyl sites for hydroxylation is 1. The van der Waals surface area contributed by atoms with Crippen LogP contribution in [-0.4, -0.2) is 33.4 Å². The molecule has 144 valence electrons. The number of benzene rings is 2. The second-order valence-corrected chi connectivity index (χ2v) is 7.38. The van der Waals surface area contributed by atoms with E-state index in [-0.39, 0.29) is 22.7 Å². The second kappa shape index (κ2) is 8.74. The molecule has 2 rings (SSSR count). The van der Waals surface area contributed by atoms with Crippen molar-refractivity contribution in [3.63, 3.8) is 0 Å². The van der Waals surface area contributed by atoms with Crippen molar-refractivity contribution < 1.29 is 27.1 Å². The van der Waals surface area contributed by atoms with Crippen LogP contribution in [0.1, 0.15) is 22.8 Å². The lowest BCUT2D eigenvalue weighted by molar-refractivity contribution is -0.119. The first-order valence-electron chi connectivity index (χ1n) is 8.06. The van der Waals surface area contributed by atoms with Gasteiger partial charge in [0.2, 0.25) is 10.0 Å². The fourth-order valence-corrected chi connectivity index (χ4v) is 3.21. The monoisotopic (exact) mass is 394 g/mol. The zero-order chi connectivity index (χ0) is 20.0. The van der Waals surface area contributed by atoms with Gasteiger partial charge in [0.25, 0.3) is 5.91 Å². The number of carbonyl (C=O) groups excluding carboxylic acids is 2. The van der Waals surface area contributed by atoms with Crippen LogP contribution in [0.4, 0.5) is 10.1 Å². The van der Waals surface area contributed by atoms with Gasteiger partial charge in [0.15, 0.2) is 6.61 Å². The minimum Gasteiger partial charge on any atom is -0.452 e. The van der Waals surface area contributed by atoms with Crippen LogP contribution in [0, 0.1) is 12.7 Å². The first kappa shape index (κ1) is 20.5. The molecule has 0 bridgehead atoms. The standard InChI is InChI=1S/C18H19FN2O5S/c1-3-20-27(24,25)15-8-5-13(6-9-15)18(23)26-11-17(22)21-16-10-14(19)7-4-12(16)2/h4-10,20H,3,11H2,1-2H3,(H,21,22). The molecule has 2 N–H and O–H groups in total. The third-order valence-corrected chi connectivity index (χ3v) is 5.10. The summed E-state index contributed by atoms with van der Waals surface area (Å²) in [7, 11) is -3.62. The number of rotatable bonds is 7. The van der Waals surface area contributed by atoms with Crippen LogP contribution in [0.25, 0.3) is 0 Å². The molecule has 0 spiro atoms. The van der Waals surface area contributed by atoms with E-state index >= 15 is 0 Å². The summed E-state index contributed by atoms with van der Waals surface area (Å²) >= 11 is 0. The molecule has 0 aliphatic heterocycles. The summed E-state index contributed by atoms with van der Waals surface area (Å²) in [6.45, 7) is 3.03. The van der Waals surface area contributed by atoms with Crippen LogP contribution in [0.5, 0.6) is 0 Å². The number of anilines is 1. The van der Waals surface area contributed by atoms with Crippen molar-refractivity contribution >= 4 is 27.6 Å². The number of halogens is 1. The zero-order valence-electron chi connectivity index (χ0n) is 14.8. The summed E-state index contributed by atoms with van der Waals surface area (Å²) < 4.78 is 44.1. The van der Waals surface area contributed by atoms with E-state index in [4.69, 9.17) is 4.74 Å². The van der Waals surface area contributed by atoms with Crippen LogP contribution in [0.15, 0.2) is 47.4 Å². The molecule has 0 unspecified atom stereocenters. The molecule has 0 aliphatic carbocycles. The maximum Gasteiger partial charge on any atom is 0.338 e. The third kappa shape index (κ3) is 5.60. The van der Waals surface area contributed by atoms with Crippen molar-refractivity contribution in [3.05, 3.63) is 59.4 Å². The maximum atomic E-state index is 13.2. The highest BCUT2D eigenvalue weighted by Crippen LogP contribution is 2.16. The number of carbonyl (C=O) groups is 2. The van der Waals surface area contributed by atoms with Crippen LogP contribution in [0.3, 0.4) is 0 Å². The number of esters is 1. The fraction of sp³-hybridized carbons (Fsp3) is 0.222. The highest BCUT2D eigenvalue weighted by Gasteiger charge is 2.15. The van der Waals surface area contributed by atoms with Crippen molar-refractivity contribution in [1.82, 2.24) is 4.72 Å². The molecule has 0 saturated carbocycles. The number of hydrogen-bond donors (Lipinski definition) is 2. The lowest BCUT2D eigenvalue weighted by atomic mass is 10.2. The lowest BCUT2D eigenvalue weighted by Crippen LogP contribution is -2.23. The predicted molar refractivity (Wildman–Crippen MR) is 97.4 cm³/mol. The van der Waals surface area contributed by atoms with E-state index in [0.717, 1.165) is 0 Å². The van der Waals surface area contributed by atoms with Gasteiger partial charge in [-0.3, -0.25) is 4.79 Å². The summed E-state index contributed by atoms with van der Waals surface area (Å²) in [5, 5.41) is 2.46. The minimum atomic E-state index is -3.62. The molecule has 0 fully saturated rings. The Morgan fingerprint density at radius 1 is 1.11 bits per heavy atom. The van der Waals surface area contributed by atoms with Gasteiger partial charge in [0, 0.05) is 12.2 Å². The molecule has 7 nitrogen and oxygen atoms in total. The molecule has 2 aromatic carbocycles. The summed E-state index contributed by atoms with van der Waals surface area (Å²) in [6.07, 6.45) is 0. The topological polar surface area (TPSA) is 102 Å². The van der Waals surface area contributed by atoms with Gasteiger partial charge in [-0.1, -0.05) is 13.0 Å². The Labute approximate surface area is 156 Å². The van der Waals surface area contributed by atoms with E-state index in [1.54, 1.807) is 13.8 Å². The third-order valence-electron chi connectivity index (χ3n) is 3.54. The predicted octanol–water partition coefficient (Wildman–Crippen LogP) is 2.23. The number of hydrogen-bond acceptors (Lipinski definition) is 5. The average molecular weight is 394 g/mol. The molecule has 1 amide bonds. The van der Waals surface area contributed by atoms with Crippen molar-refractivity contribution in [2.45, 2.75) is 18.7 Å². The van der Waals surface area contributed by atoms with Gasteiger partial charge in [-0.15, -0.1) is 0 Å². The molecular formula is C18H19FN2O5S. The van der Waals surface area contributed by atoms with Gasteiger partial charge >= 0.3 is 5.97 Å². The summed E-state index contributed by atoms with van der Waals surface area (Å²) in [6, 6.07) is 9.07. The molecule has 0 atom stereocenters. The molecule has 2 aromatic rings. The Kier molecular flexibility index (Phi) is 6.65. The Bertz CT molecular complexity index is 943. The van der Waals surface area contributed by atoms with E-state index in [0.29, 0.717) is 5.56 Å².